The Morgan fingerprint density at radius 3 is 2.58 bits per heavy atom. The standard InChI is InChI=1S/C14H19F3N2/c1-13(2)8-3-4-9-19(13)18-12-7-5-6-11(10-12)14(15,16)17/h5-7,10,18H,3-4,8-9H2,1-2H3. The lowest BCUT2D eigenvalue weighted by Gasteiger charge is -2.42. The number of alkyl halides is 3. The van der Waals surface area contributed by atoms with E-state index in [1.54, 1.807) is 6.07 Å². The molecular weight excluding hydrogens is 253 g/mol. The molecule has 1 aliphatic rings. The fraction of sp³-hybridized carbons (Fsp3) is 0.571. The second-order valence-electron chi connectivity index (χ2n) is 5.61. The molecule has 19 heavy (non-hydrogen) atoms. The molecule has 0 atom stereocenters. The Balaban J connectivity index is 2.15. The average molecular weight is 272 g/mol. The fourth-order valence-electron chi connectivity index (χ4n) is 2.39. The van der Waals surface area contributed by atoms with E-state index in [0.717, 1.165) is 37.9 Å². The number of benzene rings is 1. The monoisotopic (exact) mass is 272 g/mol. The molecular formula is C14H19F3N2. The van der Waals surface area contributed by atoms with Crippen molar-refractivity contribution in [2.75, 3.05) is 12.0 Å². The second-order valence-corrected chi connectivity index (χ2v) is 5.61. The number of hydrogen-bond acceptors (Lipinski definition) is 2. The van der Waals surface area contributed by atoms with Crippen LogP contribution in [0.2, 0.25) is 0 Å². The number of nitrogens with one attached hydrogen (secondary N) is 1. The first-order valence-electron chi connectivity index (χ1n) is 6.51. The summed E-state index contributed by atoms with van der Waals surface area (Å²) in [5.41, 5.74) is 2.95. The lowest BCUT2D eigenvalue weighted by atomic mass is 9.92. The minimum absolute atomic E-state index is 0.0352. The van der Waals surface area contributed by atoms with E-state index in [2.05, 4.69) is 19.3 Å². The van der Waals surface area contributed by atoms with Crippen molar-refractivity contribution in [3.63, 3.8) is 0 Å². The molecule has 0 amide bonds. The van der Waals surface area contributed by atoms with Gasteiger partial charge in [-0.05, 0) is 44.9 Å². The number of hydrazine groups is 1. The van der Waals surface area contributed by atoms with Gasteiger partial charge in [-0.2, -0.15) is 13.2 Å². The van der Waals surface area contributed by atoms with Crippen molar-refractivity contribution in [3.8, 4) is 0 Å². The van der Waals surface area contributed by atoms with E-state index in [-0.39, 0.29) is 5.54 Å². The van der Waals surface area contributed by atoms with Crippen molar-refractivity contribution in [2.45, 2.75) is 44.8 Å². The van der Waals surface area contributed by atoms with Gasteiger partial charge in [-0.15, -0.1) is 0 Å². The van der Waals surface area contributed by atoms with Gasteiger partial charge in [0.1, 0.15) is 0 Å². The highest BCUT2D eigenvalue weighted by atomic mass is 19.4. The van der Waals surface area contributed by atoms with Crippen LogP contribution in [0.1, 0.15) is 38.7 Å². The van der Waals surface area contributed by atoms with Gasteiger partial charge >= 0.3 is 6.18 Å². The summed E-state index contributed by atoms with van der Waals surface area (Å²) in [5.74, 6) is 0. The van der Waals surface area contributed by atoms with Gasteiger partial charge in [0.05, 0.1) is 5.56 Å². The van der Waals surface area contributed by atoms with Gasteiger partial charge in [-0.25, -0.2) is 5.01 Å². The maximum absolute atomic E-state index is 12.7. The first-order valence-corrected chi connectivity index (χ1v) is 6.51. The van der Waals surface area contributed by atoms with Crippen LogP contribution in [-0.2, 0) is 6.18 Å². The number of halogens is 3. The van der Waals surface area contributed by atoms with Crippen LogP contribution < -0.4 is 5.43 Å². The second kappa shape index (κ2) is 5.04. The summed E-state index contributed by atoms with van der Waals surface area (Å²) >= 11 is 0. The van der Waals surface area contributed by atoms with Crippen LogP contribution in [0.15, 0.2) is 24.3 Å². The highest BCUT2D eigenvalue weighted by Gasteiger charge is 2.32. The molecule has 1 aliphatic heterocycles. The molecule has 1 aromatic rings. The smallest absolute Gasteiger partial charge is 0.318 e. The van der Waals surface area contributed by atoms with Gasteiger partial charge in [0, 0.05) is 17.8 Å². The van der Waals surface area contributed by atoms with Gasteiger partial charge in [-0.1, -0.05) is 12.5 Å². The van der Waals surface area contributed by atoms with Crippen LogP contribution in [0, 0.1) is 0 Å². The molecule has 0 saturated carbocycles. The van der Waals surface area contributed by atoms with E-state index in [4.69, 9.17) is 0 Å². The number of anilines is 1. The molecule has 1 saturated heterocycles. The molecule has 1 aromatic carbocycles. The zero-order valence-corrected chi connectivity index (χ0v) is 11.2. The molecule has 0 radical (unpaired) electrons. The predicted octanol–water partition coefficient (Wildman–Crippen LogP) is 4.30. The lowest BCUT2D eigenvalue weighted by Crippen LogP contribution is -2.50. The van der Waals surface area contributed by atoms with Crippen LogP contribution in [-0.4, -0.2) is 17.1 Å². The molecule has 0 unspecified atom stereocenters. The van der Waals surface area contributed by atoms with E-state index in [0.29, 0.717) is 5.69 Å². The third-order valence-electron chi connectivity index (χ3n) is 3.60. The van der Waals surface area contributed by atoms with Crippen LogP contribution >= 0.6 is 0 Å². The largest absolute Gasteiger partial charge is 0.416 e. The summed E-state index contributed by atoms with van der Waals surface area (Å²) in [4.78, 5) is 0. The van der Waals surface area contributed by atoms with Gasteiger partial charge in [0.2, 0.25) is 0 Å². The molecule has 2 rings (SSSR count). The molecule has 1 fully saturated rings. The summed E-state index contributed by atoms with van der Waals surface area (Å²) in [6.07, 6.45) is -1.03. The normalized spacial score (nSPS) is 20.3. The van der Waals surface area contributed by atoms with Crippen molar-refractivity contribution in [1.82, 2.24) is 5.01 Å². The summed E-state index contributed by atoms with van der Waals surface area (Å²) in [5, 5.41) is 2.03. The van der Waals surface area contributed by atoms with Gasteiger partial charge in [0.25, 0.3) is 0 Å². The molecule has 0 bridgehead atoms. The molecule has 0 spiro atoms. The van der Waals surface area contributed by atoms with E-state index in [9.17, 15) is 13.2 Å². The van der Waals surface area contributed by atoms with Crippen molar-refractivity contribution in [3.05, 3.63) is 29.8 Å². The van der Waals surface area contributed by atoms with Crippen molar-refractivity contribution < 1.29 is 13.2 Å². The quantitative estimate of drug-likeness (QED) is 0.863. The summed E-state index contributed by atoms with van der Waals surface area (Å²) in [7, 11) is 0. The molecule has 5 heteroatoms. The van der Waals surface area contributed by atoms with Gasteiger partial charge < -0.3 is 5.43 Å². The number of hydrogen-bond donors (Lipinski definition) is 1. The van der Waals surface area contributed by atoms with E-state index in [1.807, 2.05) is 5.01 Å². The molecule has 0 aliphatic carbocycles. The summed E-state index contributed by atoms with van der Waals surface area (Å²) in [6.45, 7) is 5.06. The molecule has 0 aromatic heterocycles. The van der Waals surface area contributed by atoms with Crippen LogP contribution in [0.25, 0.3) is 0 Å². The number of rotatable bonds is 2. The Labute approximate surface area is 111 Å². The third kappa shape index (κ3) is 3.41. The van der Waals surface area contributed by atoms with Gasteiger partial charge in [-0.3, -0.25) is 0 Å². The van der Waals surface area contributed by atoms with Crippen molar-refractivity contribution in [2.24, 2.45) is 0 Å². The fourth-order valence-corrected chi connectivity index (χ4v) is 2.39. The highest BCUT2D eigenvalue weighted by Crippen LogP contribution is 2.32. The number of nitrogens with zero attached hydrogens (tertiary/aromatic N) is 1. The SMILES string of the molecule is CC1(C)CCCCN1Nc1cccc(C(F)(F)F)c1. The van der Waals surface area contributed by atoms with Crippen LogP contribution in [0.3, 0.4) is 0 Å². The predicted molar refractivity (Wildman–Crippen MR) is 69.7 cm³/mol. The van der Waals surface area contributed by atoms with E-state index < -0.39 is 11.7 Å². The maximum atomic E-state index is 12.7. The van der Waals surface area contributed by atoms with Crippen LogP contribution in [0.5, 0.6) is 0 Å². The van der Waals surface area contributed by atoms with E-state index in [1.165, 1.54) is 6.07 Å². The maximum Gasteiger partial charge on any atom is 0.416 e. The minimum atomic E-state index is -4.30. The third-order valence-corrected chi connectivity index (χ3v) is 3.60. The summed E-state index contributed by atoms with van der Waals surface area (Å²) in [6, 6.07) is 5.35. The molecule has 1 N–H and O–H groups in total. The first kappa shape index (κ1) is 14.2. The van der Waals surface area contributed by atoms with Crippen LogP contribution in [0.4, 0.5) is 18.9 Å². The zero-order valence-electron chi connectivity index (χ0n) is 11.2. The Kier molecular flexibility index (Phi) is 3.76. The zero-order chi connectivity index (χ0) is 14.1. The highest BCUT2D eigenvalue weighted by molar-refractivity contribution is 5.46. The Bertz CT molecular complexity index is 441. The first-order chi connectivity index (χ1) is 8.79. The number of piperidine rings is 1. The van der Waals surface area contributed by atoms with Gasteiger partial charge in [0.15, 0.2) is 0 Å². The average Bonchev–Trinajstić information content (AvgIpc) is 2.31. The minimum Gasteiger partial charge on any atom is -0.318 e. The molecule has 106 valence electrons. The summed E-state index contributed by atoms with van der Waals surface area (Å²) < 4.78 is 38.0. The van der Waals surface area contributed by atoms with Crippen molar-refractivity contribution in [1.29, 1.82) is 0 Å². The lowest BCUT2D eigenvalue weighted by molar-refractivity contribution is -0.137. The molecule has 2 nitrogen and oxygen atoms in total. The Morgan fingerprint density at radius 2 is 1.95 bits per heavy atom. The molecule has 1 heterocycles. The topological polar surface area (TPSA) is 15.3 Å². The van der Waals surface area contributed by atoms with Crippen molar-refractivity contribution >= 4 is 5.69 Å². The Hall–Kier alpha value is -1.23. The van der Waals surface area contributed by atoms with E-state index >= 15 is 0 Å². The Morgan fingerprint density at radius 1 is 1.21 bits per heavy atom.